The quantitative estimate of drug-likeness (QED) is 0.445. The fourth-order valence-electron chi connectivity index (χ4n) is 3.62. The number of para-hydroxylation sites is 2. The van der Waals surface area contributed by atoms with E-state index in [1.54, 1.807) is 18.2 Å². The van der Waals surface area contributed by atoms with Gasteiger partial charge in [0.05, 0.1) is 11.0 Å². The Morgan fingerprint density at radius 3 is 2.55 bits per heavy atom. The minimum atomic E-state index is -0.447. The van der Waals surface area contributed by atoms with Crippen molar-refractivity contribution in [3.05, 3.63) is 94.4 Å². The molecule has 0 radical (unpaired) electrons. The number of hydrogen-bond donors (Lipinski definition) is 1. The lowest BCUT2D eigenvalue weighted by Crippen LogP contribution is -2.28. The molecular formula is C25H21N5O3. The Kier molecular flexibility index (Phi) is 5.10. The number of carbonyl (C=O) groups is 1. The predicted molar refractivity (Wildman–Crippen MR) is 126 cm³/mol. The van der Waals surface area contributed by atoms with Crippen molar-refractivity contribution in [3.63, 3.8) is 0 Å². The molecule has 3 aromatic carbocycles. The maximum absolute atomic E-state index is 13.2. The van der Waals surface area contributed by atoms with Crippen molar-refractivity contribution < 1.29 is 9.53 Å². The molecule has 8 nitrogen and oxygen atoms in total. The third-order valence-corrected chi connectivity index (χ3v) is 5.21. The van der Waals surface area contributed by atoms with Crippen LogP contribution in [0.3, 0.4) is 0 Å². The van der Waals surface area contributed by atoms with Gasteiger partial charge in [0.25, 0.3) is 5.88 Å². The molecule has 0 unspecified atom stereocenters. The number of ether oxygens (including phenoxy) is 1. The summed E-state index contributed by atoms with van der Waals surface area (Å²) in [6.07, 6.45) is 0. The van der Waals surface area contributed by atoms with E-state index in [2.05, 4.69) is 15.4 Å². The number of amides is 1. The molecule has 0 bridgehead atoms. The minimum absolute atomic E-state index is 0.187. The summed E-state index contributed by atoms with van der Waals surface area (Å²) in [6.45, 7) is 3.68. The van der Waals surface area contributed by atoms with Crippen molar-refractivity contribution in [3.8, 4) is 11.6 Å². The van der Waals surface area contributed by atoms with Gasteiger partial charge in [-0.15, -0.1) is 5.10 Å². The van der Waals surface area contributed by atoms with Crippen LogP contribution in [0.1, 0.15) is 11.1 Å². The molecule has 1 N–H and O–H groups in total. The van der Waals surface area contributed by atoms with Crippen LogP contribution in [0.2, 0.25) is 0 Å². The summed E-state index contributed by atoms with van der Waals surface area (Å²) in [7, 11) is 0. The van der Waals surface area contributed by atoms with Gasteiger partial charge in [0, 0.05) is 5.69 Å². The molecule has 0 aliphatic rings. The molecule has 0 atom stereocenters. The Balaban J connectivity index is 1.56. The number of nitrogens with zero attached hydrogens (tertiary/aromatic N) is 4. The highest BCUT2D eigenvalue weighted by molar-refractivity contribution is 5.90. The number of aryl methyl sites for hydroxylation is 2. The molecule has 0 fully saturated rings. The van der Waals surface area contributed by atoms with E-state index < -0.39 is 5.69 Å². The van der Waals surface area contributed by atoms with E-state index in [4.69, 9.17) is 4.74 Å². The van der Waals surface area contributed by atoms with Crippen LogP contribution in [0.5, 0.6) is 11.6 Å². The fourth-order valence-corrected chi connectivity index (χ4v) is 3.62. The largest absolute Gasteiger partial charge is 0.436 e. The molecule has 0 spiro atoms. The van der Waals surface area contributed by atoms with Crippen LogP contribution in [0.4, 0.5) is 5.69 Å². The van der Waals surface area contributed by atoms with Gasteiger partial charge < -0.3 is 10.1 Å². The van der Waals surface area contributed by atoms with E-state index in [0.29, 0.717) is 22.5 Å². The summed E-state index contributed by atoms with van der Waals surface area (Å²) in [4.78, 5) is 30.4. The zero-order valence-electron chi connectivity index (χ0n) is 18.1. The topological polar surface area (TPSA) is 90.5 Å². The average Bonchev–Trinajstić information content (AvgIpc) is 3.12. The maximum atomic E-state index is 13.2. The number of fused-ring (bicyclic) bond motifs is 3. The lowest BCUT2D eigenvalue weighted by atomic mass is 10.2. The average molecular weight is 439 g/mol. The standard InChI is InChI=1S/C25H21N5O3/c1-16-10-12-19(13-11-16)33-24-23-28-29(15-22(31)26-18-7-5-6-17(2)14-18)25(32)30(23)21-9-4-3-8-20(21)27-24/h3-14H,15H2,1-2H3,(H,26,31). The number of rotatable bonds is 5. The number of nitrogens with one attached hydrogen (secondary N) is 1. The summed E-state index contributed by atoms with van der Waals surface area (Å²) in [5.41, 5.74) is 3.73. The third kappa shape index (κ3) is 4.06. The molecule has 2 aromatic heterocycles. The molecule has 164 valence electrons. The maximum Gasteiger partial charge on any atom is 0.351 e. The number of hydrogen-bond acceptors (Lipinski definition) is 5. The SMILES string of the molecule is Cc1ccc(Oc2nc3ccccc3n3c(=O)n(CC(=O)Nc4cccc(C)c4)nc23)cc1. The van der Waals surface area contributed by atoms with E-state index in [9.17, 15) is 9.59 Å². The van der Waals surface area contributed by atoms with Crippen molar-refractivity contribution in [2.24, 2.45) is 0 Å². The Bertz CT molecular complexity index is 1550. The molecule has 0 aliphatic carbocycles. The summed E-state index contributed by atoms with van der Waals surface area (Å²) >= 11 is 0. The van der Waals surface area contributed by atoms with Gasteiger partial charge in [0.2, 0.25) is 11.6 Å². The summed E-state index contributed by atoms with van der Waals surface area (Å²) in [5, 5.41) is 7.20. The smallest absolute Gasteiger partial charge is 0.351 e. The van der Waals surface area contributed by atoms with Crippen LogP contribution < -0.4 is 15.7 Å². The van der Waals surface area contributed by atoms with E-state index >= 15 is 0 Å². The summed E-state index contributed by atoms with van der Waals surface area (Å²) < 4.78 is 8.53. The molecule has 0 saturated carbocycles. The van der Waals surface area contributed by atoms with Crippen molar-refractivity contribution in [2.45, 2.75) is 20.4 Å². The minimum Gasteiger partial charge on any atom is -0.436 e. The highest BCUT2D eigenvalue weighted by Gasteiger charge is 2.19. The fraction of sp³-hybridized carbons (Fsp3) is 0.120. The summed E-state index contributed by atoms with van der Waals surface area (Å²) in [6, 6.07) is 22.2. The normalized spacial score (nSPS) is 11.1. The van der Waals surface area contributed by atoms with Crippen molar-refractivity contribution >= 4 is 28.3 Å². The van der Waals surface area contributed by atoms with Crippen molar-refractivity contribution in [1.29, 1.82) is 0 Å². The lowest BCUT2D eigenvalue weighted by molar-refractivity contribution is -0.117. The van der Waals surface area contributed by atoms with Gasteiger partial charge in [-0.2, -0.15) is 0 Å². The first-order chi connectivity index (χ1) is 16.0. The molecule has 1 amide bonds. The van der Waals surface area contributed by atoms with Crippen LogP contribution in [0.15, 0.2) is 77.6 Å². The third-order valence-electron chi connectivity index (χ3n) is 5.21. The Morgan fingerprint density at radius 1 is 0.970 bits per heavy atom. The molecule has 8 heteroatoms. The number of anilines is 1. The van der Waals surface area contributed by atoms with E-state index in [1.165, 1.54) is 4.40 Å². The molecule has 33 heavy (non-hydrogen) atoms. The van der Waals surface area contributed by atoms with Crippen molar-refractivity contribution in [1.82, 2.24) is 19.2 Å². The lowest BCUT2D eigenvalue weighted by Gasteiger charge is -2.07. The summed E-state index contributed by atoms with van der Waals surface area (Å²) in [5.74, 6) is 0.404. The highest BCUT2D eigenvalue weighted by Crippen LogP contribution is 2.26. The van der Waals surface area contributed by atoms with Gasteiger partial charge in [-0.3, -0.25) is 4.79 Å². The monoisotopic (exact) mass is 439 g/mol. The molecular weight excluding hydrogens is 418 g/mol. The van der Waals surface area contributed by atoms with E-state index in [0.717, 1.165) is 15.8 Å². The van der Waals surface area contributed by atoms with E-state index in [1.807, 2.05) is 68.4 Å². The second kappa shape index (κ2) is 8.23. The zero-order chi connectivity index (χ0) is 22.9. The van der Waals surface area contributed by atoms with Gasteiger partial charge in [0.1, 0.15) is 12.3 Å². The second-order valence-corrected chi connectivity index (χ2v) is 7.84. The van der Waals surface area contributed by atoms with Crippen LogP contribution in [-0.2, 0) is 11.3 Å². The molecule has 0 aliphatic heterocycles. The molecule has 5 rings (SSSR count). The Labute approximate surface area is 189 Å². The highest BCUT2D eigenvalue weighted by atomic mass is 16.5. The van der Waals surface area contributed by atoms with Gasteiger partial charge >= 0.3 is 5.69 Å². The number of benzene rings is 3. The van der Waals surface area contributed by atoms with Crippen molar-refractivity contribution in [2.75, 3.05) is 5.32 Å². The van der Waals surface area contributed by atoms with Crippen LogP contribution in [0, 0.1) is 13.8 Å². The Morgan fingerprint density at radius 2 is 1.76 bits per heavy atom. The molecule has 0 saturated heterocycles. The van der Waals surface area contributed by atoms with Gasteiger partial charge in [0.15, 0.2) is 0 Å². The van der Waals surface area contributed by atoms with Crippen LogP contribution in [0.25, 0.3) is 16.7 Å². The molecule has 5 aromatic rings. The number of aromatic nitrogens is 4. The number of carbonyl (C=O) groups excluding carboxylic acids is 1. The molecule has 2 heterocycles. The zero-order valence-corrected chi connectivity index (χ0v) is 18.1. The first kappa shape index (κ1) is 20.4. The van der Waals surface area contributed by atoms with Crippen LogP contribution >= 0.6 is 0 Å². The van der Waals surface area contributed by atoms with Crippen LogP contribution in [-0.4, -0.2) is 25.1 Å². The van der Waals surface area contributed by atoms with Gasteiger partial charge in [-0.1, -0.05) is 42.0 Å². The van der Waals surface area contributed by atoms with Gasteiger partial charge in [-0.25, -0.2) is 18.9 Å². The second-order valence-electron chi connectivity index (χ2n) is 7.84. The predicted octanol–water partition coefficient (Wildman–Crippen LogP) is 4.09. The first-order valence-corrected chi connectivity index (χ1v) is 10.5. The van der Waals surface area contributed by atoms with E-state index in [-0.39, 0.29) is 24.0 Å². The van der Waals surface area contributed by atoms with Gasteiger partial charge in [-0.05, 0) is 55.8 Å². The first-order valence-electron chi connectivity index (χ1n) is 10.5. The Hall–Kier alpha value is -4.46.